The van der Waals surface area contributed by atoms with Gasteiger partial charge in [0.2, 0.25) is 0 Å². The third-order valence-electron chi connectivity index (χ3n) is 3.13. The Morgan fingerprint density at radius 2 is 1.86 bits per heavy atom. The van der Waals surface area contributed by atoms with E-state index in [0.29, 0.717) is 21.5 Å². The summed E-state index contributed by atoms with van der Waals surface area (Å²) in [6.45, 7) is 0. The van der Waals surface area contributed by atoms with E-state index >= 15 is 0 Å². The Balaban J connectivity index is 1.96. The van der Waals surface area contributed by atoms with E-state index in [4.69, 9.17) is 11.6 Å². The molecular formula is C16H9ClF2N2O. The number of carbonyl (C=O) groups is 1. The highest BCUT2D eigenvalue weighted by molar-refractivity contribution is 6.31. The molecule has 0 unspecified atom stereocenters. The quantitative estimate of drug-likeness (QED) is 0.760. The van der Waals surface area contributed by atoms with Crippen molar-refractivity contribution in [2.75, 3.05) is 5.32 Å². The van der Waals surface area contributed by atoms with Crippen molar-refractivity contribution in [2.24, 2.45) is 0 Å². The highest BCUT2D eigenvalue weighted by Crippen LogP contribution is 2.22. The lowest BCUT2D eigenvalue weighted by molar-refractivity contribution is 0.102. The van der Waals surface area contributed by atoms with Gasteiger partial charge in [0.25, 0.3) is 5.91 Å². The second kappa shape index (κ2) is 5.69. The molecule has 1 aromatic heterocycles. The lowest BCUT2D eigenvalue weighted by Gasteiger charge is -2.08. The van der Waals surface area contributed by atoms with Crippen LogP contribution in [0.1, 0.15) is 10.4 Å². The molecule has 2 aromatic carbocycles. The van der Waals surface area contributed by atoms with Gasteiger partial charge >= 0.3 is 0 Å². The van der Waals surface area contributed by atoms with Crippen LogP contribution in [0.4, 0.5) is 14.5 Å². The minimum Gasteiger partial charge on any atom is -0.322 e. The summed E-state index contributed by atoms with van der Waals surface area (Å²) in [5.74, 6) is -2.44. The summed E-state index contributed by atoms with van der Waals surface area (Å²) in [6.07, 6.45) is 1.48. The summed E-state index contributed by atoms with van der Waals surface area (Å²) in [4.78, 5) is 16.5. The summed E-state index contributed by atoms with van der Waals surface area (Å²) >= 11 is 5.89. The van der Waals surface area contributed by atoms with Gasteiger partial charge in [-0.15, -0.1) is 0 Å². The van der Waals surface area contributed by atoms with Gasteiger partial charge in [0.05, 0.1) is 11.1 Å². The molecule has 0 bridgehead atoms. The number of anilines is 1. The number of nitrogens with zero attached hydrogens (tertiary/aromatic N) is 1. The predicted molar refractivity (Wildman–Crippen MR) is 81.1 cm³/mol. The zero-order chi connectivity index (χ0) is 15.7. The van der Waals surface area contributed by atoms with Gasteiger partial charge in [-0.05, 0) is 30.3 Å². The Bertz CT molecular complexity index is 883. The van der Waals surface area contributed by atoms with E-state index in [-0.39, 0.29) is 5.69 Å². The van der Waals surface area contributed by atoms with Gasteiger partial charge < -0.3 is 5.32 Å². The molecule has 110 valence electrons. The predicted octanol–water partition coefficient (Wildman–Crippen LogP) is 4.42. The Kier molecular flexibility index (Phi) is 3.73. The van der Waals surface area contributed by atoms with Gasteiger partial charge in [0.15, 0.2) is 11.6 Å². The van der Waals surface area contributed by atoms with Crippen LogP contribution < -0.4 is 5.32 Å². The zero-order valence-corrected chi connectivity index (χ0v) is 11.9. The molecule has 0 fully saturated rings. The van der Waals surface area contributed by atoms with Crippen LogP contribution in [0.2, 0.25) is 5.02 Å². The smallest absolute Gasteiger partial charge is 0.256 e. The Morgan fingerprint density at radius 3 is 2.64 bits per heavy atom. The molecule has 0 saturated carbocycles. The van der Waals surface area contributed by atoms with Crippen LogP contribution in [-0.2, 0) is 0 Å². The molecule has 0 aliphatic rings. The molecule has 3 rings (SSSR count). The molecule has 0 atom stereocenters. The minimum atomic E-state index is -1.02. The average Bonchev–Trinajstić information content (AvgIpc) is 2.50. The number of benzene rings is 2. The average molecular weight is 319 g/mol. The highest BCUT2D eigenvalue weighted by Gasteiger charge is 2.12. The number of amides is 1. The molecule has 0 spiro atoms. The van der Waals surface area contributed by atoms with Crippen LogP contribution in [0.25, 0.3) is 10.9 Å². The van der Waals surface area contributed by atoms with E-state index in [1.165, 1.54) is 12.3 Å². The van der Waals surface area contributed by atoms with Crippen molar-refractivity contribution in [3.8, 4) is 0 Å². The SMILES string of the molecule is O=C(Nc1ccc(F)c(F)c1)c1ccnc2cc(Cl)ccc12. The van der Waals surface area contributed by atoms with Crippen molar-refractivity contribution in [1.29, 1.82) is 0 Å². The van der Waals surface area contributed by atoms with Crippen LogP contribution >= 0.6 is 11.6 Å². The van der Waals surface area contributed by atoms with Crippen LogP contribution in [0, 0.1) is 11.6 Å². The number of pyridine rings is 1. The zero-order valence-electron chi connectivity index (χ0n) is 11.1. The number of rotatable bonds is 2. The van der Waals surface area contributed by atoms with E-state index in [0.717, 1.165) is 12.1 Å². The van der Waals surface area contributed by atoms with Gasteiger partial charge in [0, 0.05) is 28.4 Å². The largest absolute Gasteiger partial charge is 0.322 e. The lowest BCUT2D eigenvalue weighted by atomic mass is 10.1. The van der Waals surface area contributed by atoms with E-state index in [1.807, 2.05) is 0 Å². The van der Waals surface area contributed by atoms with Crippen molar-refractivity contribution in [3.05, 3.63) is 70.9 Å². The lowest BCUT2D eigenvalue weighted by Crippen LogP contribution is -2.13. The number of halogens is 3. The van der Waals surface area contributed by atoms with Crippen molar-refractivity contribution in [1.82, 2.24) is 4.98 Å². The first-order valence-electron chi connectivity index (χ1n) is 6.35. The fourth-order valence-corrected chi connectivity index (χ4v) is 2.26. The monoisotopic (exact) mass is 318 g/mol. The number of fused-ring (bicyclic) bond motifs is 1. The summed E-state index contributed by atoms with van der Waals surface area (Å²) in [5.41, 5.74) is 1.11. The maximum atomic E-state index is 13.2. The number of hydrogen-bond acceptors (Lipinski definition) is 2. The summed E-state index contributed by atoms with van der Waals surface area (Å²) < 4.78 is 26.1. The Morgan fingerprint density at radius 1 is 1.05 bits per heavy atom. The van der Waals surface area contributed by atoms with E-state index in [2.05, 4.69) is 10.3 Å². The van der Waals surface area contributed by atoms with Crippen molar-refractivity contribution in [3.63, 3.8) is 0 Å². The normalized spacial score (nSPS) is 10.7. The fourth-order valence-electron chi connectivity index (χ4n) is 2.09. The molecule has 6 heteroatoms. The van der Waals surface area contributed by atoms with Crippen LogP contribution in [0.15, 0.2) is 48.7 Å². The van der Waals surface area contributed by atoms with Crippen molar-refractivity contribution < 1.29 is 13.6 Å². The number of aromatic nitrogens is 1. The molecule has 1 amide bonds. The van der Waals surface area contributed by atoms with Gasteiger partial charge in [0.1, 0.15) is 0 Å². The topological polar surface area (TPSA) is 42.0 Å². The maximum absolute atomic E-state index is 13.2. The van der Waals surface area contributed by atoms with Crippen molar-refractivity contribution >= 4 is 34.1 Å². The van der Waals surface area contributed by atoms with Crippen LogP contribution in [0.3, 0.4) is 0 Å². The molecule has 0 saturated heterocycles. The van der Waals surface area contributed by atoms with Crippen molar-refractivity contribution in [2.45, 2.75) is 0 Å². The van der Waals surface area contributed by atoms with Crippen LogP contribution in [0.5, 0.6) is 0 Å². The molecule has 0 aliphatic carbocycles. The molecule has 1 N–H and O–H groups in total. The molecule has 22 heavy (non-hydrogen) atoms. The van der Waals surface area contributed by atoms with Gasteiger partial charge in [-0.25, -0.2) is 8.78 Å². The number of carbonyl (C=O) groups excluding carboxylic acids is 1. The Labute approximate surface area is 129 Å². The van der Waals surface area contributed by atoms with Gasteiger partial charge in [-0.3, -0.25) is 9.78 Å². The molecule has 0 radical (unpaired) electrons. The summed E-state index contributed by atoms with van der Waals surface area (Å²) in [6, 6.07) is 9.70. The summed E-state index contributed by atoms with van der Waals surface area (Å²) in [7, 11) is 0. The van der Waals surface area contributed by atoms with Crippen LogP contribution in [-0.4, -0.2) is 10.9 Å². The first kappa shape index (κ1) is 14.4. The van der Waals surface area contributed by atoms with E-state index in [9.17, 15) is 13.6 Å². The van der Waals surface area contributed by atoms with Gasteiger partial charge in [-0.2, -0.15) is 0 Å². The molecule has 0 aliphatic heterocycles. The number of hydrogen-bond donors (Lipinski definition) is 1. The molecule has 1 heterocycles. The Hall–Kier alpha value is -2.53. The standard InChI is InChI=1S/C16H9ClF2N2O/c17-9-1-3-11-12(5-6-20-15(11)7-9)16(22)21-10-2-4-13(18)14(19)8-10/h1-8H,(H,21,22). The minimum absolute atomic E-state index is 0.169. The third-order valence-corrected chi connectivity index (χ3v) is 3.36. The molecule has 3 nitrogen and oxygen atoms in total. The third kappa shape index (κ3) is 2.76. The maximum Gasteiger partial charge on any atom is 0.256 e. The van der Waals surface area contributed by atoms with E-state index in [1.54, 1.807) is 24.3 Å². The molecular weight excluding hydrogens is 310 g/mol. The highest BCUT2D eigenvalue weighted by atomic mass is 35.5. The first-order valence-corrected chi connectivity index (χ1v) is 6.73. The molecule has 3 aromatic rings. The summed E-state index contributed by atoms with van der Waals surface area (Å²) in [5, 5.41) is 3.66. The fraction of sp³-hybridized carbons (Fsp3) is 0. The first-order chi connectivity index (χ1) is 10.5. The second-order valence-electron chi connectivity index (χ2n) is 4.60. The second-order valence-corrected chi connectivity index (χ2v) is 5.04. The van der Waals surface area contributed by atoms with Gasteiger partial charge in [-0.1, -0.05) is 17.7 Å². The van der Waals surface area contributed by atoms with E-state index < -0.39 is 17.5 Å². The number of nitrogens with one attached hydrogen (secondary N) is 1.